The molecule has 0 aromatic carbocycles. The van der Waals surface area contributed by atoms with Crippen molar-refractivity contribution in [3.63, 3.8) is 0 Å². The van der Waals surface area contributed by atoms with Crippen molar-refractivity contribution in [2.75, 3.05) is 13.1 Å². The van der Waals surface area contributed by atoms with Gasteiger partial charge in [0.15, 0.2) is 0 Å². The van der Waals surface area contributed by atoms with Crippen LogP contribution in [0.2, 0.25) is 0 Å². The van der Waals surface area contributed by atoms with E-state index in [4.69, 9.17) is 10.2 Å². The number of unbranched alkanes of at least 4 members (excludes halogenated alkanes) is 6. The molecule has 0 fully saturated rings. The lowest BCUT2D eigenvalue weighted by atomic mass is 10.1. The minimum Gasteiger partial charge on any atom is -0.481 e. The number of carboxylic acids is 2. The fraction of sp³-hybridized carbons (Fsp3) is 0.750. The Bertz CT molecular complexity index is 373. The van der Waals surface area contributed by atoms with Crippen LogP contribution in [-0.2, 0) is 19.2 Å². The first-order valence-corrected chi connectivity index (χ1v) is 8.43. The highest BCUT2D eigenvalue weighted by molar-refractivity contribution is 6.35. The van der Waals surface area contributed by atoms with E-state index in [9.17, 15) is 19.2 Å². The van der Waals surface area contributed by atoms with Gasteiger partial charge < -0.3 is 20.8 Å². The van der Waals surface area contributed by atoms with Crippen LogP contribution >= 0.6 is 0 Å². The van der Waals surface area contributed by atoms with E-state index in [0.29, 0.717) is 38.8 Å². The molecule has 24 heavy (non-hydrogen) atoms. The first-order chi connectivity index (χ1) is 11.4. The highest BCUT2D eigenvalue weighted by Crippen LogP contribution is 2.03. The first kappa shape index (κ1) is 21.9. The van der Waals surface area contributed by atoms with E-state index in [1.165, 1.54) is 0 Å². The van der Waals surface area contributed by atoms with Gasteiger partial charge in [0.2, 0.25) is 0 Å². The summed E-state index contributed by atoms with van der Waals surface area (Å²) < 4.78 is 0. The molecule has 0 radical (unpaired) electrons. The minimum atomic E-state index is -0.804. The normalized spacial score (nSPS) is 10.2. The van der Waals surface area contributed by atoms with Gasteiger partial charge in [-0.3, -0.25) is 19.2 Å². The van der Waals surface area contributed by atoms with E-state index in [1.54, 1.807) is 0 Å². The summed E-state index contributed by atoms with van der Waals surface area (Å²) >= 11 is 0. The average molecular weight is 344 g/mol. The van der Waals surface area contributed by atoms with Gasteiger partial charge in [-0.1, -0.05) is 25.7 Å². The summed E-state index contributed by atoms with van der Waals surface area (Å²) in [5, 5.41) is 22.0. The van der Waals surface area contributed by atoms with Crippen molar-refractivity contribution in [2.45, 2.75) is 64.2 Å². The molecule has 2 amide bonds. The predicted octanol–water partition coefficient (Wildman–Crippen LogP) is 1.29. The maximum absolute atomic E-state index is 11.5. The molecule has 0 rings (SSSR count). The summed E-state index contributed by atoms with van der Waals surface area (Å²) in [7, 11) is 0. The van der Waals surface area contributed by atoms with E-state index < -0.39 is 23.8 Å². The van der Waals surface area contributed by atoms with Crippen LogP contribution in [0.1, 0.15) is 64.2 Å². The van der Waals surface area contributed by atoms with Crippen LogP contribution in [-0.4, -0.2) is 47.1 Å². The summed E-state index contributed by atoms with van der Waals surface area (Å²) in [6.45, 7) is 0.795. The zero-order valence-corrected chi connectivity index (χ0v) is 14.0. The molecule has 0 heterocycles. The molecule has 8 heteroatoms. The van der Waals surface area contributed by atoms with Crippen LogP contribution in [0, 0.1) is 0 Å². The van der Waals surface area contributed by atoms with Crippen LogP contribution in [0.15, 0.2) is 0 Å². The Hall–Kier alpha value is -2.12. The third-order valence-corrected chi connectivity index (χ3v) is 3.41. The summed E-state index contributed by atoms with van der Waals surface area (Å²) in [5.41, 5.74) is 0. The highest BCUT2D eigenvalue weighted by Gasteiger charge is 2.11. The Kier molecular flexibility index (Phi) is 13.2. The molecule has 0 saturated heterocycles. The van der Waals surface area contributed by atoms with Gasteiger partial charge >= 0.3 is 23.8 Å². The topological polar surface area (TPSA) is 133 Å². The number of hydrogen-bond acceptors (Lipinski definition) is 4. The SMILES string of the molecule is O=C(O)CCCCCCNC(=O)C(=O)NCCCCCCC(=O)O. The Balaban J connectivity index is 3.45. The minimum absolute atomic E-state index is 0.158. The van der Waals surface area contributed by atoms with Gasteiger partial charge in [0.25, 0.3) is 0 Å². The lowest BCUT2D eigenvalue weighted by Gasteiger charge is -2.06. The highest BCUT2D eigenvalue weighted by atomic mass is 16.4. The van der Waals surface area contributed by atoms with Crippen molar-refractivity contribution in [3.05, 3.63) is 0 Å². The van der Waals surface area contributed by atoms with Crippen molar-refractivity contribution in [1.29, 1.82) is 0 Å². The molecule has 0 aromatic heterocycles. The third-order valence-electron chi connectivity index (χ3n) is 3.41. The molecule has 8 nitrogen and oxygen atoms in total. The molecule has 138 valence electrons. The van der Waals surface area contributed by atoms with Crippen molar-refractivity contribution in [2.24, 2.45) is 0 Å². The number of carbonyl (C=O) groups is 4. The van der Waals surface area contributed by atoms with E-state index in [2.05, 4.69) is 10.6 Å². The Labute approximate surface area is 142 Å². The van der Waals surface area contributed by atoms with Gasteiger partial charge in [-0.15, -0.1) is 0 Å². The monoisotopic (exact) mass is 344 g/mol. The molecule has 0 aliphatic carbocycles. The van der Waals surface area contributed by atoms with Gasteiger partial charge in [-0.25, -0.2) is 0 Å². The zero-order chi connectivity index (χ0) is 18.2. The van der Waals surface area contributed by atoms with Crippen molar-refractivity contribution < 1.29 is 29.4 Å². The number of aliphatic carboxylic acids is 2. The molecule has 0 bridgehead atoms. The van der Waals surface area contributed by atoms with Crippen molar-refractivity contribution in [3.8, 4) is 0 Å². The Morgan fingerprint density at radius 1 is 0.542 bits per heavy atom. The largest absolute Gasteiger partial charge is 0.481 e. The van der Waals surface area contributed by atoms with Crippen LogP contribution in [0.5, 0.6) is 0 Å². The maximum atomic E-state index is 11.5. The van der Waals surface area contributed by atoms with Crippen LogP contribution in [0.25, 0.3) is 0 Å². The van der Waals surface area contributed by atoms with Gasteiger partial charge in [0.1, 0.15) is 0 Å². The molecule has 0 atom stereocenters. The van der Waals surface area contributed by atoms with E-state index in [1.807, 2.05) is 0 Å². The predicted molar refractivity (Wildman–Crippen MR) is 87.5 cm³/mol. The van der Waals surface area contributed by atoms with E-state index in [-0.39, 0.29) is 12.8 Å². The fourth-order valence-electron chi connectivity index (χ4n) is 2.07. The lowest BCUT2D eigenvalue weighted by Crippen LogP contribution is -2.40. The first-order valence-electron chi connectivity index (χ1n) is 8.43. The summed E-state index contributed by atoms with van der Waals surface area (Å²) in [6, 6.07) is 0. The number of amides is 2. The van der Waals surface area contributed by atoms with Crippen LogP contribution in [0.4, 0.5) is 0 Å². The maximum Gasteiger partial charge on any atom is 0.309 e. The number of carboxylic acid groups (broad SMARTS) is 2. The summed E-state index contributed by atoms with van der Waals surface area (Å²) in [5.74, 6) is -2.93. The second-order valence-corrected chi connectivity index (χ2v) is 5.63. The van der Waals surface area contributed by atoms with Crippen LogP contribution < -0.4 is 10.6 Å². The zero-order valence-electron chi connectivity index (χ0n) is 14.0. The lowest BCUT2D eigenvalue weighted by molar-refractivity contribution is -0.139. The van der Waals surface area contributed by atoms with Gasteiger partial charge in [0, 0.05) is 25.9 Å². The third kappa shape index (κ3) is 14.8. The van der Waals surface area contributed by atoms with Crippen molar-refractivity contribution >= 4 is 23.8 Å². The quantitative estimate of drug-likeness (QED) is 0.277. The van der Waals surface area contributed by atoms with Crippen LogP contribution in [0.3, 0.4) is 0 Å². The van der Waals surface area contributed by atoms with Crippen molar-refractivity contribution in [1.82, 2.24) is 10.6 Å². The standard InChI is InChI=1S/C16H28N2O6/c19-13(20)9-5-1-3-7-11-17-15(23)16(24)18-12-8-4-2-6-10-14(21)22/h1-12H2,(H,17,23)(H,18,24)(H,19,20)(H,21,22). The molecule has 0 spiro atoms. The fourth-order valence-corrected chi connectivity index (χ4v) is 2.07. The van der Waals surface area contributed by atoms with E-state index >= 15 is 0 Å². The summed E-state index contributed by atoms with van der Waals surface area (Å²) in [6.07, 6.45) is 6.18. The number of carbonyl (C=O) groups excluding carboxylic acids is 2. The smallest absolute Gasteiger partial charge is 0.309 e. The molecule has 0 unspecified atom stereocenters. The molecule has 0 aliphatic rings. The molecule has 4 N–H and O–H groups in total. The Morgan fingerprint density at radius 2 is 0.875 bits per heavy atom. The number of hydrogen-bond donors (Lipinski definition) is 4. The number of nitrogens with one attached hydrogen (secondary N) is 2. The number of rotatable bonds is 14. The summed E-state index contributed by atoms with van der Waals surface area (Å²) in [4.78, 5) is 43.6. The van der Waals surface area contributed by atoms with Gasteiger partial charge in [0.05, 0.1) is 0 Å². The molecule has 0 aliphatic heterocycles. The van der Waals surface area contributed by atoms with Gasteiger partial charge in [-0.2, -0.15) is 0 Å². The second kappa shape index (κ2) is 14.5. The Morgan fingerprint density at radius 3 is 1.21 bits per heavy atom. The van der Waals surface area contributed by atoms with E-state index in [0.717, 1.165) is 25.7 Å². The second-order valence-electron chi connectivity index (χ2n) is 5.63. The van der Waals surface area contributed by atoms with Gasteiger partial charge in [-0.05, 0) is 25.7 Å². The average Bonchev–Trinajstić information content (AvgIpc) is 2.51. The molecule has 0 saturated carbocycles. The molecular formula is C16H28N2O6. The molecular weight excluding hydrogens is 316 g/mol. The molecule has 0 aromatic rings.